The van der Waals surface area contributed by atoms with Crippen molar-refractivity contribution in [2.45, 2.75) is 6.42 Å². The van der Waals surface area contributed by atoms with Gasteiger partial charge in [-0.2, -0.15) is 0 Å². The number of carbonyl (C=O) groups excluding carboxylic acids is 2. The van der Waals surface area contributed by atoms with Crippen LogP contribution >= 0.6 is 0 Å². The van der Waals surface area contributed by atoms with Gasteiger partial charge in [-0.15, -0.1) is 0 Å². The number of pyridine rings is 2. The average Bonchev–Trinajstić information content (AvgIpc) is 2.97. The smallest absolute Gasteiger partial charge is 0.267 e. The van der Waals surface area contributed by atoms with Crippen LogP contribution in [0.1, 0.15) is 22.5 Å². The van der Waals surface area contributed by atoms with Gasteiger partial charge in [0.2, 0.25) is 5.91 Å². The van der Waals surface area contributed by atoms with Crippen LogP contribution in [-0.4, -0.2) is 48.7 Å². The summed E-state index contributed by atoms with van der Waals surface area (Å²) in [5, 5.41) is 0. The SMILES string of the molecule is CN1C(=O)CCOc2ccc(C#CC3COC3)cc21.NC(=O)c1cc(Oc2cncc(F)c2)ccn1. The largest absolute Gasteiger partial charge is 0.491 e. The van der Waals surface area contributed by atoms with Crippen molar-refractivity contribution >= 4 is 17.5 Å². The fourth-order valence-electron chi connectivity index (χ4n) is 3.23. The van der Waals surface area contributed by atoms with Crippen LogP contribution in [-0.2, 0) is 9.53 Å². The number of ether oxygens (including phenoxy) is 3. The number of benzene rings is 1. The molecule has 4 heterocycles. The average molecular weight is 490 g/mol. The molecule has 1 saturated heterocycles. The van der Waals surface area contributed by atoms with E-state index in [1.54, 1.807) is 11.9 Å². The fourth-order valence-corrected chi connectivity index (χ4v) is 3.23. The fraction of sp³-hybridized carbons (Fsp3) is 0.231. The number of amides is 2. The van der Waals surface area contributed by atoms with Gasteiger partial charge in [0.05, 0.1) is 50.2 Å². The third kappa shape index (κ3) is 6.34. The molecule has 10 heteroatoms. The number of anilines is 1. The summed E-state index contributed by atoms with van der Waals surface area (Å²) in [6, 6.07) is 9.79. The van der Waals surface area contributed by atoms with Gasteiger partial charge < -0.3 is 24.8 Å². The Morgan fingerprint density at radius 3 is 2.75 bits per heavy atom. The second kappa shape index (κ2) is 11.3. The Morgan fingerprint density at radius 2 is 2.03 bits per heavy atom. The molecule has 0 unspecified atom stereocenters. The van der Waals surface area contributed by atoms with Crippen LogP contribution in [0, 0.1) is 23.6 Å². The summed E-state index contributed by atoms with van der Waals surface area (Å²) in [5.74, 6) is 6.84. The number of carbonyl (C=O) groups is 2. The molecule has 1 fully saturated rings. The normalized spacial score (nSPS) is 14.5. The van der Waals surface area contributed by atoms with Crippen molar-refractivity contribution in [3.63, 3.8) is 0 Å². The standard InChI is InChI=1S/C15H15NO3.C11H8FN3O2/c1-16-13-8-11(2-3-12-9-18-10-12)4-5-14(13)19-7-6-15(16)17;12-7-3-9(6-14-5-7)17-8-1-2-15-10(4-8)11(13)16/h4-5,8,12H,6-7,9-10H2,1H3;1-6H,(H2,13,16). The van der Waals surface area contributed by atoms with Gasteiger partial charge in [-0.3, -0.25) is 19.6 Å². The first-order valence-corrected chi connectivity index (χ1v) is 11.1. The molecule has 0 saturated carbocycles. The monoisotopic (exact) mass is 490 g/mol. The van der Waals surface area contributed by atoms with E-state index in [1.165, 1.54) is 30.6 Å². The Kier molecular flexibility index (Phi) is 7.72. The number of nitrogens with two attached hydrogens (primary N) is 1. The maximum Gasteiger partial charge on any atom is 0.267 e. The van der Waals surface area contributed by atoms with Crippen LogP contribution < -0.4 is 20.1 Å². The van der Waals surface area contributed by atoms with Crippen molar-refractivity contribution in [2.75, 3.05) is 31.8 Å². The number of rotatable bonds is 3. The van der Waals surface area contributed by atoms with Gasteiger partial charge in [0.15, 0.2) is 0 Å². The minimum atomic E-state index is -0.659. The second-order valence-corrected chi connectivity index (χ2v) is 7.92. The zero-order valence-electron chi connectivity index (χ0n) is 19.4. The van der Waals surface area contributed by atoms with E-state index in [1.807, 2.05) is 18.2 Å². The highest BCUT2D eigenvalue weighted by atomic mass is 19.1. The number of nitrogens with zero attached hydrogens (tertiary/aromatic N) is 3. The van der Waals surface area contributed by atoms with E-state index >= 15 is 0 Å². The molecule has 5 rings (SSSR count). The van der Waals surface area contributed by atoms with E-state index in [2.05, 4.69) is 21.8 Å². The highest BCUT2D eigenvalue weighted by Crippen LogP contribution is 2.31. The van der Waals surface area contributed by atoms with Crippen LogP contribution in [0.15, 0.2) is 55.0 Å². The van der Waals surface area contributed by atoms with Crippen LogP contribution in [0.25, 0.3) is 0 Å². The Bertz CT molecular complexity index is 1330. The van der Waals surface area contributed by atoms with Crippen molar-refractivity contribution in [3.8, 4) is 29.1 Å². The lowest BCUT2D eigenvalue weighted by Gasteiger charge is -2.20. The van der Waals surface area contributed by atoms with Crippen molar-refractivity contribution in [3.05, 3.63) is 72.1 Å². The topological polar surface area (TPSA) is 117 Å². The predicted molar refractivity (Wildman–Crippen MR) is 128 cm³/mol. The highest BCUT2D eigenvalue weighted by molar-refractivity contribution is 5.95. The third-order valence-corrected chi connectivity index (χ3v) is 5.23. The zero-order valence-corrected chi connectivity index (χ0v) is 19.4. The number of halogens is 1. The molecule has 0 radical (unpaired) electrons. The van der Waals surface area contributed by atoms with Gasteiger partial charge >= 0.3 is 0 Å². The van der Waals surface area contributed by atoms with Crippen molar-refractivity contribution in [1.29, 1.82) is 0 Å². The van der Waals surface area contributed by atoms with Gasteiger partial charge in [0.25, 0.3) is 5.91 Å². The molecular formula is C26H23FN4O5. The number of fused-ring (bicyclic) bond motifs is 1. The van der Waals surface area contributed by atoms with Crippen molar-refractivity contribution in [1.82, 2.24) is 9.97 Å². The molecule has 2 aromatic heterocycles. The molecule has 184 valence electrons. The number of primary amides is 1. The van der Waals surface area contributed by atoms with Gasteiger partial charge in [-0.1, -0.05) is 11.8 Å². The summed E-state index contributed by atoms with van der Waals surface area (Å²) < 4.78 is 28.8. The maximum atomic E-state index is 12.8. The molecular weight excluding hydrogens is 467 g/mol. The van der Waals surface area contributed by atoms with Crippen LogP contribution in [0.4, 0.5) is 10.1 Å². The molecule has 2 aliphatic rings. The first-order chi connectivity index (χ1) is 17.4. The zero-order chi connectivity index (χ0) is 25.5. The van der Waals surface area contributed by atoms with Crippen LogP contribution in [0.3, 0.4) is 0 Å². The Hall–Kier alpha value is -4.49. The van der Waals surface area contributed by atoms with Crippen molar-refractivity contribution in [2.24, 2.45) is 11.7 Å². The maximum absolute atomic E-state index is 12.8. The minimum Gasteiger partial charge on any atom is -0.491 e. The van der Waals surface area contributed by atoms with E-state index in [0.29, 0.717) is 24.7 Å². The second-order valence-electron chi connectivity index (χ2n) is 7.92. The van der Waals surface area contributed by atoms with E-state index in [9.17, 15) is 14.0 Å². The number of hydrogen-bond acceptors (Lipinski definition) is 7. The predicted octanol–water partition coefficient (Wildman–Crippen LogP) is 2.94. The number of aromatic nitrogens is 2. The van der Waals surface area contributed by atoms with E-state index in [-0.39, 0.29) is 17.4 Å². The molecule has 36 heavy (non-hydrogen) atoms. The summed E-state index contributed by atoms with van der Waals surface area (Å²) in [6.45, 7) is 1.87. The van der Waals surface area contributed by atoms with Gasteiger partial charge in [-0.25, -0.2) is 4.39 Å². The van der Waals surface area contributed by atoms with Crippen molar-refractivity contribution < 1.29 is 28.2 Å². The van der Waals surface area contributed by atoms with E-state index < -0.39 is 11.7 Å². The summed E-state index contributed by atoms with van der Waals surface area (Å²) in [7, 11) is 1.77. The lowest BCUT2D eigenvalue weighted by molar-refractivity contribution is -0.118. The van der Waals surface area contributed by atoms with Gasteiger partial charge in [0, 0.05) is 30.9 Å². The van der Waals surface area contributed by atoms with Gasteiger partial charge in [0.1, 0.15) is 28.8 Å². The molecule has 1 aromatic carbocycles. The van der Waals surface area contributed by atoms with E-state index in [0.717, 1.165) is 36.4 Å². The number of hydrogen-bond donors (Lipinski definition) is 1. The molecule has 0 aliphatic carbocycles. The molecule has 0 atom stereocenters. The molecule has 2 N–H and O–H groups in total. The van der Waals surface area contributed by atoms with Crippen LogP contribution in [0.2, 0.25) is 0 Å². The molecule has 2 amide bonds. The third-order valence-electron chi connectivity index (χ3n) is 5.23. The molecule has 0 spiro atoms. The molecule has 3 aromatic rings. The lowest BCUT2D eigenvalue weighted by Crippen LogP contribution is -2.25. The van der Waals surface area contributed by atoms with Crippen LogP contribution in [0.5, 0.6) is 17.2 Å². The molecule has 0 bridgehead atoms. The molecule has 2 aliphatic heterocycles. The van der Waals surface area contributed by atoms with Gasteiger partial charge in [-0.05, 0) is 24.3 Å². The summed E-state index contributed by atoms with van der Waals surface area (Å²) in [5.41, 5.74) is 6.84. The Morgan fingerprint density at radius 1 is 1.19 bits per heavy atom. The first-order valence-electron chi connectivity index (χ1n) is 11.1. The quantitative estimate of drug-likeness (QED) is 0.561. The summed E-state index contributed by atoms with van der Waals surface area (Å²) in [4.78, 5) is 31.7. The Labute approximate surface area is 207 Å². The van der Waals surface area contributed by atoms with E-state index in [4.69, 9.17) is 19.9 Å². The Balaban J connectivity index is 0.000000170. The summed E-state index contributed by atoms with van der Waals surface area (Å²) >= 11 is 0. The molecule has 9 nitrogen and oxygen atoms in total. The first kappa shape index (κ1) is 24.6. The lowest BCUT2D eigenvalue weighted by atomic mass is 10.1. The minimum absolute atomic E-state index is 0.0660. The summed E-state index contributed by atoms with van der Waals surface area (Å²) in [6.07, 6.45) is 4.20. The highest BCUT2D eigenvalue weighted by Gasteiger charge is 2.20.